The average Bonchev–Trinajstić information content (AvgIpc) is 2.07. The van der Waals surface area contributed by atoms with Crippen molar-refractivity contribution in [1.29, 1.82) is 0 Å². The molecular weight excluding hydrogens is 193 g/mol. The van der Waals surface area contributed by atoms with Crippen LogP contribution in [0.25, 0.3) is 0 Å². The molecule has 0 rings (SSSR count). The molecule has 0 aliphatic carbocycles. The van der Waals surface area contributed by atoms with Crippen molar-refractivity contribution >= 4 is 0 Å². The summed E-state index contributed by atoms with van der Waals surface area (Å²) < 4.78 is 35.1. The number of nitrogens with one attached hydrogen (secondary N) is 1. The molecule has 0 heterocycles. The fourth-order valence-electron chi connectivity index (χ4n) is 1.04. The topological polar surface area (TPSA) is 15.3 Å². The van der Waals surface area contributed by atoms with Gasteiger partial charge in [-0.15, -0.1) is 0 Å². The van der Waals surface area contributed by atoms with Gasteiger partial charge in [-0.3, -0.25) is 0 Å². The third-order valence-corrected chi connectivity index (χ3v) is 1.89. The van der Waals surface area contributed by atoms with Gasteiger partial charge in [-0.1, -0.05) is 13.3 Å². The van der Waals surface area contributed by atoms with Gasteiger partial charge in [-0.25, -0.2) is 0 Å². The molecule has 0 unspecified atom stereocenters. The second kappa shape index (κ2) is 7.06. The quantitative estimate of drug-likeness (QED) is 0.648. The molecule has 0 fully saturated rings. The van der Waals surface area contributed by atoms with E-state index in [0.29, 0.717) is 13.1 Å². The Kier molecular flexibility index (Phi) is 6.92. The first kappa shape index (κ1) is 13.7. The van der Waals surface area contributed by atoms with E-state index in [1.807, 2.05) is 11.9 Å². The van der Waals surface area contributed by atoms with Crippen molar-refractivity contribution in [2.75, 3.05) is 33.2 Å². The highest BCUT2D eigenvalue weighted by Crippen LogP contribution is 2.11. The van der Waals surface area contributed by atoms with Crippen molar-refractivity contribution in [3.63, 3.8) is 0 Å². The average molecular weight is 212 g/mol. The van der Waals surface area contributed by atoms with Crippen LogP contribution in [0.2, 0.25) is 0 Å². The van der Waals surface area contributed by atoms with Crippen LogP contribution < -0.4 is 5.32 Å². The van der Waals surface area contributed by atoms with E-state index in [9.17, 15) is 13.2 Å². The van der Waals surface area contributed by atoms with Crippen molar-refractivity contribution in [2.24, 2.45) is 0 Å². The zero-order chi connectivity index (χ0) is 11.0. The molecule has 0 radical (unpaired) electrons. The monoisotopic (exact) mass is 212 g/mol. The van der Waals surface area contributed by atoms with Crippen molar-refractivity contribution < 1.29 is 13.2 Å². The largest absolute Gasteiger partial charge is 0.401 e. The van der Waals surface area contributed by atoms with Gasteiger partial charge in [0.25, 0.3) is 0 Å². The summed E-state index contributed by atoms with van der Waals surface area (Å²) in [6.45, 7) is 3.20. The maximum absolute atomic E-state index is 11.7. The van der Waals surface area contributed by atoms with Gasteiger partial charge in [-0.05, 0) is 20.0 Å². The highest BCUT2D eigenvalue weighted by Gasteiger charge is 2.25. The number of halogens is 3. The Balaban J connectivity index is 3.27. The molecule has 14 heavy (non-hydrogen) atoms. The molecule has 0 aromatic carbocycles. The third kappa shape index (κ3) is 9.80. The first-order chi connectivity index (χ1) is 6.45. The van der Waals surface area contributed by atoms with Gasteiger partial charge >= 0.3 is 6.18 Å². The lowest BCUT2D eigenvalue weighted by molar-refractivity contribution is -0.124. The molecule has 0 spiro atoms. The number of likely N-dealkylation sites (N-methyl/N-ethyl adjacent to an activating group) is 1. The number of hydrogen-bond acceptors (Lipinski definition) is 2. The molecule has 5 heteroatoms. The standard InChI is InChI=1S/C9H19F3N2/c1-3-4-6-14(2)7-5-13-8-9(10,11)12/h13H,3-8H2,1-2H3. The molecule has 0 atom stereocenters. The van der Waals surface area contributed by atoms with Crippen LogP contribution in [0.5, 0.6) is 0 Å². The highest BCUT2D eigenvalue weighted by atomic mass is 19.4. The lowest BCUT2D eigenvalue weighted by atomic mass is 10.3. The first-order valence-electron chi connectivity index (χ1n) is 4.91. The number of rotatable bonds is 7. The van der Waals surface area contributed by atoms with Crippen LogP contribution in [0.15, 0.2) is 0 Å². The van der Waals surface area contributed by atoms with Crippen LogP contribution in [0.1, 0.15) is 19.8 Å². The van der Waals surface area contributed by atoms with Crippen LogP contribution >= 0.6 is 0 Å². The normalized spacial score (nSPS) is 12.4. The van der Waals surface area contributed by atoms with Gasteiger partial charge in [0.15, 0.2) is 0 Å². The zero-order valence-corrected chi connectivity index (χ0v) is 8.82. The van der Waals surface area contributed by atoms with E-state index >= 15 is 0 Å². The molecule has 0 amide bonds. The van der Waals surface area contributed by atoms with E-state index in [0.717, 1.165) is 19.4 Å². The lowest BCUT2D eigenvalue weighted by Gasteiger charge is -2.16. The molecule has 0 saturated heterocycles. The Morgan fingerprint density at radius 1 is 1.21 bits per heavy atom. The van der Waals surface area contributed by atoms with E-state index in [2.05, 4.69) is 12.2 Å². The summed E-state index contributed by atoms with van der Waals surface area (Å²) in [6.07, 6.45) is -1.89. The number of nitrogens with zero attached hydrogens (tertiary/aromatic N) is 1. The SMILES string of the molecule is CCCCN(C)CCNCC(F)(F)F. The lowest BCUT2D eigenvalue weighted by Crippen LogP contribution is -2.35. The van der Waals surface area contributed by atoms with Gasteiger partial charge < -0.3 is 10.2 Å². The fraction of sp³-hybridized carbons (Fsp3) is 1.00. The molecule has 0 bridgehead atoms. The first-order valence-corrected chi connectivity index (χ1v) is 4.91. The van der Waals surface area contributed by atoms with E-state index in [1.165, 1.54) is 0 Å². The van der Waals surface area contributed by atoms with Crippen LogP contribution in [-0.4, -0.2) is 44.3 Å². The Bertz CT molecular complexity index is 137. The fourth-order valence-corrected chi connectivity index (χ4v) is 1.04. The van der Waals surface area contributed by atoms with E-state index in [1.54, 1.807) is 0 Å². The third-order valence-electron chi connectivity index (χ3n) is 1.89. The minimum Gasteiger partial charge on any atom is -0.307 e. The Morgan fingerprint density at radius 3 is 2.36 bits per heavy atom. The summed E-state index contributed by atoms with van der Waals surface area (Å²) in [5.74, 6) is 0. The van der Waals surface area contributed by atoms with Gasteiger partial charge in [-0.2, -0.15) is 13.2 Å². The molecule has 2 nitrogen and oxygen atoms in total. The van der Waals surface area contributed by atoms with Crippen molar-refractivity contribution in [3.05, 3.63) is 0 Å². The summed E-state index contributed by atoms with van der Waals surface area (Å²) in [7, 11) is 1.92. The minimum atomic E-state index is -4.10. The summed E-state index contributed by atoms with van der Waals surface area (Å²) in [4.78, 5) is 2.03. The number of unbranched alkanes of at least 4 members (excludes halogenated alkanes) is 1. The van der Waals surface area contributed by atoms with E-state index in [-0.39, 0.29) is 0 Å². The van der Waals surface area contributed by atoms with Crippen LogP contribution in [-0.2, 0) is 0 Å². The Morgan fingerprint density at radius 2 is 1.86 bits per heavy atom. The smallest absolute Gasteiger partial charge is 0.307 e. The molecule has 0 aliphatic heterocycles. The van der Waals surface area contributed by atoms with E-state index < -0.39 is 12.7 Å². The predicted octanol–water partition coefficient (Wildman–Crippen LogP) is 1.87. The van der Waals surface area contributed by atoms with Crippen LogP contribution in [0, 0.1) is 0 Å². The van der Waals surface area contributed by atoms with Crippen molar-refractivity contribution in [1.82, 2.24) is 10.2 Å². The molecule has 0 saturated carbocycles. The minimum absolute atomic E-state index is 0.389. The van der Waals surface area contributed by atoms with Crippen LogP contribution in [0.3, 0.4) is 0 Å². The molecule has 86 valence electrons. The Hall–Kier alpha value is -0.290. The summed E-state index contributed by atoms with van der Waals surface area (Å²) in [5.41, 5.74) is 0. The summed E-state index contributed by atoms with van der Waals surface area (Å²) in [6, 6.07) is 0. The molecule has 0 aromatic heterocycles. The van der Waals surface area contributed by atoms with Crippen molar-refractivity contribution in [3.8, 4) is 0 Å². The molecule has 0 aliphatic rings. The molecule has 1 N–H and O–H groups in total. The van der Waals surface area contributed by atoms with Gasteiger partial charge in [0.05, 0.1) is 6.54 Å². The van der Waals surface area contributed by atoms with Gasteiger partial charge in [0.2, 0.25) is 0 Å². The summed E-state index contributed by atoms with van der Waals surface area (Å²) in [5, 5.41) is 2.37. The maximum atomic E-state index is 11.7. The highest BCUT2D eigenvalue weighted by molar-refractivity contribution is 4.58. The predicted molar refractivity (Wildman–Crippen MR) is 51.3 cm³/mol. The summed E-state index contributed by atoms with van der Waals surface area (Å²) >= 11 is 0. The molecule has 0 aromatic rings. The molecular formula is C9H19F3N2. The van der Waals surface area contributed by atoms with Crippen molar-refractivity contribution in [2.45, 2.75) is 25.9 Å². The van der Waals surface area contributed by atoms with Gasteiger partial charge in [0.1, 0.15) is 0 Å². The zero-order valence-electron chi connectivity index (χ0n) is 8.82. The van der Waals surface area contributed by atoms with Crippen LogP contribution in [0.4, 0.5) is 13.2 Å². The second-order valence-corrected chi connectivity index (χ2v) is 3.45. The number of hydrogen-bond donors (Lipinski definition) is 1. The number of alkyl halides is 3. The Labute approximate surface area is 83.5 Å². The second-order valence-electron chi connectivity index (χ2n) is 3.45. The van der Waals surface area contributed by atoms with E-state index in [4.69, 9.17) is 0 Å². The van der Waals surface area contributed by atoms with Gasteiger partial charge in [0, 0.05) is 13.1 Å². The maximum Gasteiger partial charge on any atom is 0.401 e.